The molecule has 2 aliphatic rings. The number of hydrogen-bond acceptors (Lipinski definition) is 5. The van der Waals surface area contributed by atoms with Gasteiger partial charge in [-0.15, -0.1) is 0 Å². The Bertz CT molecular complexity index is 1740. The largest absolute Gasteiger partial charge is 0.460 e. The van der Waals surface area contributed by atoms with E-state index < -0.39 is 11.4 Å². The zero-order chi connectivity index (χ0) is 34.1. The van der Waals surface area contributed by atoms with E-state index in [1.54, 1.807) is 12.1 Å². The second-order valence-corrected chi connectivity index (χ2v) is 14.3. The van der Waals surface area contributed by atoms with Crippen LogP contribution in [0.1, 0.15) is 88.7 Å². The van der Waals surface area contributed by atoms with E-state index in [0.717, 1.165) is 40.9 Å². The van der Waals surface area contributed by atoms with E-state index in [1.165, 1.54) is 12.1 Å². The number of nitrogens with zero attached hydrogens (tertiary/aromatic N) is 1. The first-order chi connectivity index (χ1) is 22.9. The molecule has 3 aromatic carbocycles. The van der Waals surface area contributed by atoms with Gasteiger partial charge in [0.05, 0.1) is 29.9 Å². The minimum Gasteiger partial charge on any atom is -0.460 e. The molecule has 1 amide bonds. The van der Waals surface area contributed by atoms with E-state index in [2.05, 4.69) is 9.88 Å². The molecule has 1 aliphatic carbocycles. The molecule has 4 aromatic rings. The predicted octanol–water partition coefficient (Wildman–Crippen LogP) is 9.12. The van der Waals surface area contributed by atoms with Gasteiger partial charge in [-0.2, -0.15) is 0 Å². The van der Waals surface area contributed by atoms with Crippen molar-refractivity contribution in [2.75, 3.05) is 5.32 Å². The van der Waals surface area contributed by atoms with E-state index in [-0.39, 0.29) is 42.2 Å². The molecule has 1 aliphatic heterocycles. The molecule has 0 bridgehead atoms. The van der Waals surface area contributed by atoms with E-state index in [0.29, 0.717) is 30.6 Å². The number of carbonyl (C=O) groups excluding carboxylic acids is 2. The molecule has 6 rings (SSSR count). The lowest BCUT2D eigenvalue weighted by Crippen LogP contribution is -2.46. The minimum atomic E-state index is -0.888. The molecule has 48 heavy (non-hydrogen) atoms. The number of para-hydroxylation sites is 1. The summed E-state index contributed by atoms with van der Waals surface area (Å²) in [4.78, 5) is 27.1. The summed E-state index contributed by atoms with van der Waals surface area (Å²) in [5.74, 6) is -1.47. The molecular formula is C40H45FN2O5. The highest BCUT2D eigenvalue weighted by atomic mass is 19.1. The van der Waals surface area contributed by atoms with Gasteiger partial charge >= 0.3 is 5.97 Å². The van der Waals surface area contributed by atoms with Crippen molar-refractivity contribution in [1.29, 1.82) is 0 Å². The smallest absolute Gasteiger partial charge is 0.308 e. The predicted molar refractivity (Wildman–Crippen MR) is 185 cm³/mol. The number of benzene rings is 3. The number of hydrogen-bond donors (Lipinski definition) is 1. The van der Waals surface area contributed by atoms with Crippen molar-refractivity contribution in [3.63, 3.8) is 0 Å². The van der Waals surface area contributed by atoms with Crippen molar-refractivity contribution in [2.45, 2.75) is 103 Å². The van der Waals surface area contributed by atoms with Crippen LogP contribution in [-0.4, -0.2) is 40.0 Å². The molecule has 2 atom stereocenters. The van der Waals surface area contributed by atoms with Gasteiger partial charge in [-0.25, -0.2) is 4.39 Å². The van der Waals surface area contributed by atoms with E-state index >= 15 is 0 Å². The van der Waals surface area contributed by atoms with E-state index in [9.17, 15) is 14.0 Å². The number of nitrogens with one attached hydrogen (secondary N) is 1. The number of rotatable bonds is 10. The fourth-order valence-electron chi connectivity index (χ4n) is 6.75. The molecule has 0 radical (unpaired) electrons. The number of aromatic nitrogens is 1. The second kappa shape index (κ2) is 13.7. The summed E-state index contributed by atoms with van der Waals surface area (Å²) >= 11 is 0. The first-order valence-corrected chi connectivity index (χ1v) is 16.9. The Morgan fingerprint density at radius 1 is 0.896 bits per heavy atom. The summed E-state index contributed by atoms with van der Waals surface area (Å²) < 4.78 is 34.7. The van der Waals surface area contributed by atoms with Gasteiger partial charge in [-0.05, 0) is 101 Å². The zero-order valence-electron chi connectivity index (χ0n) is 28.4. The van der Waals surface area contributed by atoms with Crippen LogP contribution < -0.4 is 5.32 Å². The third kappa shape index (κ3) is 8.05. The summed E-state index contributed by atoms with van der Waals surface area (Å²) in [6.07, 6.45) is 2.68. The average Bonchev–Trinajstić information content (AvgIpc) is 3.80. The lowest BCUT2D eigenvalue weighted by atomic mass is 9.95. The standard InChI is InChI=1S/C40H45FN2O5/c1-39(2,3)48-33(44)25-32-24-31(46-40(4,5)47-32)22-23-43-36(28-18-20-29(41)21-19-28)34(26-12-8-6-9-13-26)35(37(43)27-16-17-27)38(45)42-30-14-10-7-11-15-30/h6-15,18-21,27,31-32H,16-17,22-25H2,1-5H3,(H,42,45)/t31-,32-/m1/s1. The lowest BCUT2D eigenvalue weighted by Gasteiger charge is -2.41. The molecule has 0 unspecified atom stereocenters. The van der Waals surface area contributed by atoms with Crippen molar-refractivity contribution in [3.8, 4) is 22.4 Å². The van der Waals surface area contributed by atoms with Crippen molar-refractivity contribution in [2.24, 2.45) is 0 Å². The summed E-state index contributed by atoms with van der Waals surface area (Å²) in [5.41, 5.74) is 5.20. The van der Waals surface area contributed by atoms with Crippen LogP contribution in [0, 0.1) is 5.82 Å². The highest BCUT2D eigenvalue weighted by Gasteiger charge is 2.40. The van der Waals surface area contributed by atoms with Gasteiger partial charge in [0.15, 0.2) is 5.79 Å². The van der Waals surface area contributed by atoms with E-state index in [4.69, 9.17) is 14.2 Å². The second-order valence-electron chi connectivity index (χ2n) is 14.3. The molecule has 1 saturated heterocycles. The van der Waals surface area contributed by atoms with Crippen LogP contribution in [0.2, 0.25) is 0 Å². The van der Waals surface area contributed by atoms with Crippen LogP contribution in [0.3, 0.4) is 0 Å². The van der Waals surface area contributed by atoms with Crippen molar-refractivity contribution in [1.82, 2.24) is 4.57 Å². The summed E-state index contributed by atoms with van der Waals surface area (Å²) in [7, 11) is 0. The Morgan fingerprint density at radius 3 is 2.15 bits per heavy atom. The molecular weight excluding hydrogens is 607 g/mol. The van der Waals surface area contributed by atoms with Crippen molar-refractivity contribution < 1.29 is 28.2 Å². The monoisotopic (exact) mass is 652 g/mol. The van der Waals surface area contributed by atoms with Gasteiger partial charge in [0.1, 0.15) is 11.4 Å². The van der Waals surface area contributed by atoms with Crippen LogP contribution in [0.25, 0.3) is 22.4 Å². The molecule has 1 saturated carbocycles. The van der Waals surface area contributed by atoms with Crippen LogP contribution >= 0.6 is 0 Å². The van der Waals surface area contributed by atoms with Crippen LogP contribution in [0.4, 0.5) is 10.1 Å². The van der Waals surface area contributed by atoms with Gasteiger partial charge in [-0.1, -0.05) is 48.5 Å². The highest BCUT2D eigenvalue weighted by Crippen LogP contribution is 2.49. The third-order valence-electron chi connectivity index (χ3n) is 8.62. The molecule has 7 nitrogen and oxygen atoms in total. The normalized spacial score (nSPS) is 19.1. The molecule has 0 spiro atoms. The Morgan fingerprint density at radius 2 is 1.52 bits per heavy atom. The van der Waals surface area contributed by atoms with Crippen LogP contribution in [0.15, 0.2) is 84.9 Å². The lowest BCUT2D eigenvalue weighted by molar-refractivity contribution is -0.301. The SMILES string of the molecule is CC(C)(C)OC(=O)C[C@H]1C[C@@H](CCn2c(-c3ccc(F)cc3)c(-c3ccccc3)c(C(=O)Nc3ccccc3)c2C2CC2)OC(C)(C)O1. The number of ether oxygens (including phenoxy) is 3. The Hall–Kier alpha value is -4.27. The quantitative estimate of drug-likeness (QED) is 0.173. The van der Waals surface area contributed by atoms with Gasteiger partial charge in [0.2, 0.25) is 0 Å². The molecule has 252 valence electrons. The van der Waals surface area contributed by atoms with Gasteiger partial charge in [0.25, 0.3) is 5.91 Å². The molecule has 1 aromatic heterocycles. The van der Waals surface area contributed by atoms with Gasteiger partial charge in [0, 0.05) is 35.8 Å². The molecule has 8 heteroatoms. The van der Waals surface area contributed by atoms with Gasteiger partial charge < -0.3 is 24.1 Å². The molecule has 2 fully saturated rings. The maximum absolute atomic E-state index is 14.4. The number of carbonyl (C=O) groups is 2. The Balaban J connectivity index is 1.41. The average molecular weight is 653 g/mol. The summed E-state index contributed by atoms with van der Waals surface area (Å²) in [6.45, 7) is 9.86. The number of amides is 1. The minimum absolute atomic E-state index is 0.139. The third-order valence-corrected chi connectivity index (χ3v) is 8.62. The maximum atomic E-state index is 14.4. The Labute approximate surface area is 282 Å². The van der Waals surface area contributed by atoms with Crippen molar-refractivity contribution in [3.05, 3.63) is 102 Å². The Kier molecular flexibility index (Phi) is 9.59. The zero-order valence-corrected chi connectivity index (χ0v) is 28.4. The maximum Gasteiger partial charge on any atom is 0.308 e. The van der Waals surface area contributed by atoms with Crippen LogP contribution in [0.5, 0.6) is 0 Å². The fraction of sp³-hybridized carbons (Fsp3) is 0.400. The number of anilines is 1. The number of halogens is 1. The van der Waals surface area contributed by atoms with Crippen LogP contribution in [-0.2, 0) is 25.5 Å². The first-order valence-electron chi connectivity index (χ1n) is 16.9. The van der Waals surface area contributed by atoms with Gasteiger partial charge in [-0.3, -0.25) is 9.59 Å². The number of esters is 1. The molecule has 2 heterocycles. The molecule has 1 N–H and O–H groups in total. The first kappa shape index (κ1) is 33.6. The topological polar surface area (TPSA) is 78.8 Å². The van der Waals surface area contributed by atoms with E-state index in [1.807, 2.05) is 95.3 Å². The van der Waals surface area contributed by atoms with Crippen molar-refractivity contribution >= 4 is 17.6 Å². The fourth-order valence-corrected chi connectivity index (χ4v) is 6.75. The highest BCUT2D eigenvalue weighted by molar-refractivity contribution is 6.12. The summed E-state index contributed by atoms with van der Waals surface area (Å²) in [6, 6.07) is 25.9. The summed E-state index contributed by atoms with van der Waals surface area (Å²) in [5, 5.41) is 3.15.